The molecule has 8 heteroatoms. The van der Waals surface area contributed by atoms with Crippen molar-refractivity contribution in [3.05, 3.63) is 52.8 Å². The lowest BCUT2D eigenvalue weighted by Crippen LogP contribution is -2.36. The molecule has 0 fully saturated rings. The van der Waals surface area contributed by atoms with Gasteiger partial charge in [-0.1, -0.05) is 23.7 Å². The van der Waals surface area contributed by atoms with E-state index in [0.29, 0.717) is 36.2 Å². The van der Waals surface area contributed by atoms with E-state index in [0.717, 1.165) is 28.3 Å². The van der Waals surface area contributed by atoms with E-state index < -0.39 is 0 Å². The van der Waals surface area contributed by atoms with Crippen LogP contribution in [0, 0.1) is 13.8 Å². The molecule has 0 aliphatic carbocycles. The molecular weight excluding hydrogens is 390 g/mol. The van der Waals surface area contributed by atoms with Crippen molar-refractivity contribution in [2.75, 3.05) is 23.4 Å². The Bertz CT molecular complexity index is 1080. The number of aromatic nitrogens is 3. The Morgan fingerprint density at radius 1 is 1.24 bits per heavy atom. The fraction of sp³-hybridized carbons (Fsp3) is 0.286. The van der Waals surface area contributed by atoms with Gasteiger partial charge in [-0.25, -0.2) is 9.78 Å². The highest BCUT2D eigenvalue weighted by atomic mass is 35.5. The van der Waals surface area contributed by atoms with Crippen LogP contribution in [0.25, 0.3) is 11.3 Å². The highest BCUT2D eigenvalue weighted by Gasteiger charge is 2.26. The van der Waals surface area contributed by atoms with Crippen LogP contribution in [0.4, 0.5) is 16.3 Å². The molecule has 0 spiro atoms. The van der Waals surface area contributed by atoms with Crippen molar-refractivity contribution < 1.29 is 9.53 Å². The standard InChI is InChI=1S/C21H22ClN5O2/c1-13-19(14(2)26(3)25-13)24-21(28)27-10-5-11-29-18-9-8-17(23-20(18)27)15-6-4-7-16(22)12-15/h4,6-9,12H,5,10-11H2,1-3H3,(H,24,28). The van der Waals surface area contributed by atoms with E-state index in [4.69, 9.17) is 21.3 Å². The third kappa shape index (κ3) is 3.78. The Labute approximate surface area is 174 Å². The van der Waals surface area contributed by atoms with E-state index in [1.165, 1.54) is 0 Å². The number of anilines is 2. The summed E-state index contributed by atoms with van der Waals surface area (Å²) in [5.74, 6) is 1.08. The Kier molecular flexibility index (Phi) is 5.15. The number of rotatable bonds is 2. The second-order valence-electron chi connectivity index (χ2n) is 6.98. The number of urea groups is 1. The number of hydrogen-bond acceptors (Lipinski definition) is 4. The van der Waals surface area contributed by atoms with Crippen LogP contribution < -0.4 is 15.0 Å². The van der Waals surface area contributed by atoms with Crippen molar-refractivity contribution in [3.8, 4) is 17.0 Å². The van der Waals surface area contributed by atoms with Crippen molar-refractivity contribution in [1.82, 2.24) is 14.8 Å². The smallest absolute Gasteiger partial charge is 0.327 e. The number of carbonyl (C=O) groups is 1. The molecule has 4 rings (SSSR count). The molecular formula is C21H22ClN5O2. The number of fused-ring (bicyclic) bond motifs is 1. The molecule has 0 bridgehead atoms. The van der Waals surface area contributed by atoms with Gasteiger partial charge in [0.25, 0.3) is 0 Å². The van der Waals surface area contributed by atoms with Crippen molar-refractivity contribution in [3.63, 3.8) is 0 Å². The largest absolute Gasteiger partial charge is 0.490 e. The molecule has 1 N–H and O–H groups in total. The number of pyridine rings is 1. The number of halogens is 1. The Morgan fingerprint density at radius 2 is 2.07 bits per heavy atom. The number of aryl methyl sites for hydroxylation is 2. The third-order valence-electron chi connectivity index (χ3n) is 4.99. The number of ether oxygens (including phenoxy) is 1. The maximum atomic E-state index is 13.2. The van der Waals surface area contributed by atoms with Gasteiger partial charge in [-0.2, -0.15) is 5.10 Å². The van der Waals surface area contributed by atoms with Gasteiger partial charge in [-0.15, -0.1) is 0 Å². The van der Waals surface area contributed by atoms with Gasteiger partial charge in [0.15, 0.2) is 11.6 Å². The first-order chi connectivity index (χ1) is 13.9. The molecule has 0 unspecified atom stereocenters. The second-order valence-corrected chi connectivity index (χ2v) is 7.42. The molecule has 0 radical (unpaired) electrons. The minimum absolute atomic E-state index is 0.258. The lowest BCUT2D eigenvalue weighted by molar-refractivity contribution is 0.256. The molecule has 1 aliphatic rings. The number of nitrogens with one attached hydrogen (secondary N) is 1. The summed E-state index contributed by atoms with van der Waals surface area (Å²) >= 11 is 6.13. The molecule has 0 atom stereocenters. The van der Waals surface area contributed by atoms with E-state index >= 15 is 0 Å². The van der Waals surface area contributed by atoms with Gasteiger partial charge in [0.2, 0.25) is 0 Å². The van der Waals surface area contributed by atoms with Gasteiger partial charge in [0.1, 0.15) is 0 Å². The predicted molar refractivity (Wildman–Crippen MR) is 114 cm³/mol. The summed E-state index contributed by atoms with van der Waals surface area (Å²) in [6.45, 7) is 4.82. The van der Waals surface area contributed by atoms with Crippen LogP contribution in [-0.2, 0) is 7.05 Å². The maximum absolute atomic E-state index is 13.2. The van der Waals surface area contributed by atoms with Gasteiger partial charge in [0, 0.05) is 24.2 Å². The summed E-state index contributed by atoms with van der Waals surface area (Å²) in [5, 5.41) is 7.99. The SMILES string of the molecule is Cc1nn(C)c(C)c1NC(=O)N1CCCOc2ccc(-c3cccc(Cl)c3)nc21. The summed E-state index contributed by atoms with van der Waals surface area (Å²) in [6, 6.07) is 10.9. The molecule has 0 saturated carbocycles. The van der Waals surface area contributed by atoms with E-state index in [2.05, 4.69) is 10.4 Å². The van der Waals surface area contributed by atoms with E-state index in [-0.39, 0.29) is 6.03 Å². The maximum Gasteiger partial charge on any atom is 0.327 e. The Hall–Kier alpha value is -3.06. The summed E-state index contributed by atoms with van der Waals surface area (Å²) in [6.07, 6.45) is 0.710. The summed E-state index contributed by atoms with van der Waals surface area (Å²) < 4.78 is 7.57. The first kappa shape index (κ1) is 19.3. The van der Waals surface area contributed by atoms with Gasteiger partial charge in [-0.3, -0.25) is 9.58 Å². The zero-order valence-electron chi connectivity index (χ0n) is 16.6. The van der Waals surface area contributed by atoms with Gasteiger partial charge in [0.05, 0.1) is 29.4 Å². The normalized spacial score (nSPS) is 13.4. The summed E-state index contributed by atoms with van der Waals surface area (Å²) in [7, 11) is 1.85. The quantitative estimate of drug-likeness (QED) is 0.670. The molecule has 150 valence electrons. The first-order valence-corrected chi connectivity index (χ1v) is 9.80. The number of nitrogens with zero attached hydrogens (tertiary/aromatic N) is 4. The van der Waals surface area contributed by atoms with Crippen molar-refractivity contribution in [1.29, 1.82) is 0 Å². The number of hydrogen-bond donors (Lipinski definition) is 1. The van der Waals surface area contributed by atoms with Crippen LogP contribution >= 0.6 is 11.6 Å². The van der Waals surface area contributed by atoms with Crippen molar-refractivity contribution >= 4 is 29.1 Å². The monoisotopic (exact) mass is 411 g/mol. The van der Waals surface area contributed by atoms with E-state index in [1.807, 2.05) is 57.3 Å². The third-order valence-corrected chi connectivity index (χ3v) is 5.22. The minimum Gasteiger partial charge on any atom is -0.490 e. The van der Waals surface area contributed by atoms with E-state index in [9.17, 15) is 4.79 Å². The zero-order chi connectivity index (χ0) is 20.5. The Balaban J connectivity index is 1.70. The van der Waals surface area contributed by atoms with Crippen LogP contribution in [0.1, 0.15) is 17.8 Å². The summed E-state index contributed by atoms with van der Waals surface area (Å²) in [4.78, 5) is 19.5. The van der Waals surface area contributed by atoms with Crippen molar-refractivity contribution in [2.45, 2.75) is 20.3 Å². The molecule has 1 aromatic carbocycles. The van der Waals surface area contributed by atoms with Crippen LogP contribution in [0.3, 0.4) is 0 Å². The average Bonchev–Trinajstić information content (AvgIpc) is 2.87. The molecule has 29 heavy (non-hydrogen) atoms. The number of benzene rings is 1. The predicted octanol–water partition coefficient (Wildman–Crippen LogP) is 4.57. The number of carbonyl (C=O) groups excluding carboxylic acids is 1. The molecule has 2 amide bonds. The van der Waals surface area contributed by atoms with E-state index in [1.54, 1.807) is 9.58 Å². The molecule has 3 heterocycles. The van der Waals surface area contributed by atoms with Gasteiger partial charge in [-0.05, 0) is 44.5 Å². The molecule has 2 aromatic heterocycles. The van der Waals surface area contributed by atoms with Crippen LogP contribution in [0.2, 0.25) is 5.02 Å². The Morgan fingerprint density at radius 3 is 2.79 bits per heavy atom. The zero-order valence-corrected chi connectivity index (χ0v) is 17.3. The highest BCUT2D eigenvalue weighted by molar-refractivity contribution is 6.30. The lowest BCUT2D eigenvalue weighted by atomic mass is 10.1. The first-order valence-electron chi connectivity index (χ1n) is 9.42. The van der Waals surface area contributed by atoms with Gasteiger partial charge < -0.3 is 10.1 Å². The molecule has 3 aromatic rings. The minimum atomic E-state index is -0.258. The summed E-state index contributed by atoms with van der Waals surface area (Å²) in [5.41, 5.74) is 3.98. The number of amides is 2. The molecule has 0 saturated heterocycles. The second kappa shape index (κ2) is 7.75. The van der Waals surface area contributed by atoms with Crippen molar-refractivity contribution in [2.24, 2.45) is 7.05 Å². The lowest BCUT2D eigenvalue weighted by Gasteiger charge is -2.22. The van der Waals surface area contributed by atoms with Crippen LogP contribution in [0.15, 0.2) is 36.4 Å². The average molecular weight is 412 g/mol. The fourth-order valence-corrected chi connectivity index (χ4v) is 3.58. The molecule has 7 nitrogen and oxygen atoms in total. The van der Waals surface area contributed by atoms with Gasteiger partial charge >= 0.3 is 6.03 Å². The topological polar surface area (TPSA) is 72.3 Å². The molecule has 1 aliphatic heterocycles. The van der Waals surface area contributed by atoms with Crippen LogP contribution in [0.5, 0.6) is 5.75 Å². The highest BCUT2D eigenvalue weighted by Crippen LogP contribution is 2.33. The van der Waals surface area contributed by atoms with Crippen LogP contribution in [-0.4, -0.2) is 33.9 Å². The fourth-order valence-electron chi connectivity index (χ4n) is 3.39.